The summed E-state index contributed by atoms with van der Waals surface area (Å²) in [6.45, 7) is 0.170. The molecule has 0 atom stereocenters. The number of rotatable bonds is 3. The molecular formula is C12H14N4O. The highest BCUT2D eigenvalue weighted by Gasteiger charge is 2.08. The lowest BCUT2D eigenvalue weighted by molar-refractivity contribution is -0.116. The topological polar surface area (TPSA) is 85.2 Å². The average molecular weight is 230 g/mol. The zero-order chi connectivity index (χ0) is 12.4. The largest absolute Gasteiger partial charge is 0.399 e. The summed E-state index contributed by atoms with van der Waals surface area (Å²) in [7, 11) is 1.82. The zero-order valence-electron chi connectivity index (χ0n) is 9.55. The number of carbonyl (C=O) groups excluding carboxylic acids is 1. The van der Waals surface area contributed by atoms with Crippen LogP contribution in [-0.2, 0) is 4.79 Å². The molecule has 88 valence electrons. The molecule has 0 bridgehead atoms. The number of primary amides is 1. The maximum absolute atomic E-state index is 10.9. The molecule has 0 saturated heterocycles. The van der Waals surface area contributed by atoms with Gasteiger partial charge in [0.25, 0.3) is 0 Å². The minimum Gasteiger partial charge on any atom is -0.399 e. The molecule has 5 nitrogen and oxygen atoms in total. The summed E-state index contributed by atoms with van der Waals surface area (Å²) in [4.78, 5) is 17.0. The van der Waals surface area contributed by atoms with Crippen LogP contribution >= 0.6 is 0 Å². The van der Waals surface area contributed by atoms with Crippen LogP contribution in [0.2, 0.25) is 0 Å². The molecule has 1 aromatic carbocycles. The number of hydrogen-bond acceptors (Lipinski definition) is 4. The molecule has 0 saturated carbocycles. The molecule has 1 aromatic heterocycles. The summed E-state index contributed by atoms with van der Waals surface area (Å²) in [5.74, 6) is -0.368. The highest BCUT2D eigenvalue weighted by Crippen LogP contribution is 2.25. The molecular weight excluding hydrogens is 216 g/mol. The van der Waals surface area contributed by atoms with Crippen LogP contribution in [0.5, 0.6) is 0 Å². The molecule has 0 aliphatic heterocycles. The van der Waals surface area contributed by atoms with Crippen LogP contribution in [0.4, 0.5) is 11.4 Å². The standard InChI is InChI=1S/C12H14N4O/c1-16(7-12(14)17)11-4-5-15-10-6-8(13)2-3-9(10)11/h2-6H,7,13H2,1H3,(H2,14,17). The smallest absolute Gasteiger partial charge is 0.236 e. The average Bonchev–Trinajstić information content (AvgIpc) is 2.26. The van der Waals surface area contributed by atoms with Crippen LogP contribution in [0.25, 0.3) is 10.9 Å². The third-order valence-corrected chi connectivity index (χ3v) is 2.55. The fourth-order valence-electron chi connectivity index (χ4n) is 1.80. The van der Waals surface area contributed by atoms with E-state index in [1.54, 1.807) is 17.2 Å². The van der Waals surface area contributed by atoms with E-state index < -0.39 is 0 Å². The van der Waals surface area contributed by atoms with E-state index in [1.165, 1.54) is 0 Å². The van der Waals surface area contributed by atoms with Crippen molar-refractivity contribution in [3.63, 3.8) is 0 Å². The number of nitrogen functional groups attached to an aromatic ring is 1. The summed E-state index contributed by atoms with van der Waals surface area (Å²) in [6, 6.07) is 7.36. The Morgan fingerprint density at radius 1 is 1.41 bits per heavy atom. The molecule has 5 heteroatoms. The van der Waals surface area contributed by atoms with E-state index in [9.17, 15) is 4.79 Å². The Balaban J connectivity index is 2.50. The first kappa shape index (κ1) is 11.2. The summed E-state index contributed by atoms with van der Waals surface area (Å²) in [5.41, 5.74) is 13.3. The second-order valence-electron chi connectivity index (χ2n) is 3.93. The predicted octanol–water partition coefficient (Wildman–Crippen LogP) is 0.738. The Morgan fingerprint density at radius 3 is 2.88 bits per heavy atom. The quantitative estimate of drug-likeness (QED) is 0.761. The van der Waals surface area contributed by atoms with Crippen LogP contribution in [0.3, 0.4) is 0 Å². The van der Waals surface area contributed by atoms with E-state index in [0.29, 0.717) is 5.69 Å². The number of amides is 1. The maximum Gasteiger partial charge on any atom is 0.236 e. The molecule has 1 heterocycles. The highest BCUT2D eigenvalue weighted by atomic mass is 16.1. The summed E-state index contributed by atoms with van der Waals surface area (Å²) in [6.07, 6.45) is 1.69. The minimum absolute atomic E-state index is 0.170. The Kier molecular flexibility index (Phi) is 2.82. The summed E-state index contributed by atoms with van der Waals surface area (Å²) in [5, 5.41) is 0.949. The van der Waals surface area contributed by atoms with Crippen LogP contribution in [0.15, 0.2) is 30.5 Å². The summed E-state index contributed by atoms with van der Waals surface area (Å²) >= 11 is 0. The van der Waals surface area contributed by atoms with E-state index in [4.69, 9.17) is 11.5 Å². The number of pyridine rings is 1. The Bertz CT molecular complexity index is 567. The third kappa shape index (κ3) is 2.28. The predicted molar refractivity (Wildman–Crippen MR) is 68.6 cm³/mol. The number of nitrogens with zero attached hydrogens (tertiary/aromatic N) is 2. The first-order valence-corrected chi connectivity index (χ1v) is 5.21. The Morgan fingerprint density at radius 2 is 2.18 bits per heavy atom. The van der Waals surface area contributed by atoms with Crippen LogP contribution in [0.1, 0.15) is 0 Å². The van der Waals surface area contributed by atoms with Gasteiger partial charge in [-0.1, -0.05) is 0 Å². The lowest BCUT2D eigenvalue weighted by Gasteiger charge is -2.19. The van der Waals surface area contributed by atoms with Crippen molar-refractivity contribution >= 4 is 28.2 Å². The van der Waals surface area contributed by atoms with Gasteiger partial charge in [0.05, 0.1) is 12.1 Å². The van der Waals surface area contributed by atoms with Crippen molar-refractivity contribution in [1.82, 2.24) is 4.98 Å². The van der Waals surface area contributed by atoms with E-state index in [0.717, 1.165) is 16.6 Å². The lowest BCUT2D eigenvalue weighted by atomic mass is 10.1. The van der Waals surface area contributed by atoms with Gasteiger partial charge in [0.2, 0.25) is 5.91 Å². The SMILES string of the molecule is CN(CC(N)=O)c1ccnc2cc(N)ccc12. The van der Waals surface area contributed by atoms with Gasteiger partial charge in [-0.15, -0.1) is 0 Å². The van der Waals surface area contributed by atoms with E-state index in [1.807, 2.05) is 25.2 Å². The molecule has 0 spiro atoms. The van der Waals surface area contributed by atoms with Gasteiger partial charge in [-0.05, 0) is 24.3 Å². The van der Waals surface area contributed by atoms with Gasteiger partial charge in [-0.3, -0.25) is 9.78 Å². The highest BCUT2D eigenvalue weighted by molar-refractivity contribution is 5.94. The number of aromatic nitrogens is 1. The van der Waals surface area contributed by atoms with Crippen molar-refractivity contribution in [3.8, 4) is 0 Å². The number of anilines is 2. The monoisotopic (exact) mass is 230 g/mol. The van der Waals surface area contributed by atoms with Gasteiger partial charge >= 0.3 is 0 Å². The van der Waals surface area contributed by atoms with Gasteiger partial charge in [-0.2, -0.15) is 0 Å². The number of likely N-dealkylation sites (N-methyl/N-ethyl adjacent to an activating group) is 1. The molecule has 17 heavy (non-hydrogen) atoms. The normalized spacial score (nSPS) is 10.4. The first-order valence-electron chi connectivity index (χ1n) is 5.21. The van der Waals surface area contributed by atoms with Crippen molar-refractivity contribution in [1.29, 1.82) is 0 Å². The minimum atomic E-state index is -0.368. The summed E-state index contributed by atoms with van der Waals surface area (Å²) < 4.78 is 0. The van der Waals surface area contributed by atoms with E-state index >= 15 is 0 Å². The van der Waals surface area contributed by atoms with Gasteiger partial charge < -0.3 is 16.4 Å². The van der Waals surface area contributed by atoms with Crippen molar-refractivity contribution in [3.05, 3.63) is 30.5 Å². The van der Waals surface area contributed by atoms with E-state index in [2.05, 4.69) is 4.98 Å². The fourth-order valence-corrected chi connectivity index (χ4v) is 1.80. The molecule has 1 amide bonds. The van der Waals surface area contributed by atoms with Gasteiger partial charge in [0.15, 0.2) is 0 Å². The maximum atomic E-state index is 10.9. The molecule has 0 aliphatic carbocycles. The van der Waals surface area contributed by atoms with E-state index in [-0.39, 0.29) is 12.5 Å². The van der Waals surface area contributed by atoms with Crippen molar-refractivity contribution in [2.24, 2.45) is 5.73 Å². The second-order valence-corrected chi connectivity index (χ2v) is 3.93. The molecule has 0 aliphatic rings. The fraction of sp³-hybridized carbons (Fsp3) is 0.167. The molecule has 0 radical (unpaired) electrons. The molecule has 0 fully saturated rings. The molecule has 4 N–H and O–H groups in total. The number of fused-ring (bicyclic) bond motifs is 1. The van der Waals surface area contributed by atoms with Crippen molar-refractivity contribution in [2.75, 3.05) is 24.2 Å². The lowest BCUT2D eigenvalue weighted by Crippen LogP contribution is -2.30. The Hall–Kier alpha value is -2.30. The number of benzene rings is 1. The van der Waals surface area contributed by atoms with Crippen molar-refractivity contribution in [2.45, 2.75) is 0 Å². The number of hydrogen-bond donors (Lipinski definition) is 2. The van der Waals surface area contributed by atoms with Gasteiger partial charge in [0, 0.05) is 30.0 Å². The number of nitrogens with two attached hydrogens (primary N) is 2. The van der Waals surface area contributed by atoms with Gasteiger partial charge in [0.1, 0.15) is 0 Å². The van der Waals surface area contributed by atoms with Crippen LogP contribution in [0, 0.1) is 0 Å². The van der Waals surface area contributed by atoms with Gasteiger partial charge in [-0.25, -0.2) is 0 Å². The van der Waals surface area contributed by atoms with Crippen LogP contribution in [-0.4, -0.2) is 24.5 Å². The molecule has 2 aromatic rings. The second kappa shape index (κ2) is 4.29. The zero-order valence-corrected chi connectivity index (χ0v) is 9.55. The molecule has 2 rings (SSSR count). The van der Waals surface area contributed by atoms with Crippen molar-refractivity contribution < 1.29 is 4.79 Å². The van der Waals surface area contributed by atoms with Crippen LogP contribution < -0.4 is 16.4 Å². The molecule has 0 unspecified atom stereocenters. The first-order chi connectivity index (χ1) is 8.08. The third-order valence-electron chi connectivity index (χ3n) is 2.55. The number of carbonyl (C=O) groups is 1. The Labute approximate surface area is 99.0 Å².